The fraction of sp³-hybridized carbons (Fsp3) is 0.900. The normalized spacial score (nSPS) is 30.6. The van der Waals surface area contributed by atoms with Gasteiger partial charge in [0.15, 0.2) is 0 Å². The van der Waals surface area contributed by atoms with E-state index in [1.807, 2.05) is 0 Å². The van der Waals surface area contributed by atoms with Gasteiger partial charge in [-0.15, -0.1) is 0 Å². The van der Waals surface area contributed by atoms with Gasteiger partial charge >= 0.3 is 0 Å². The molecule has 0 saturated heterocycles. The molecule has 0 aliphatic heterocycles. The molecule has 1 aliphatic carbocycles. The minimum Gasteiger partial charge on any atom is -0.306 e. The highest BCUT2D eigenvalue weighted by Gasteiger charge is 2.21. The molecule has 0 aromatic rings. The van der Waals surface area contributed by atoms with Crippen molar-refractivity contribution in [2.24, 2.45) is 5.92 Å². The first kappa shape index (κ1) is 9.72. The van der Waals surface area contributed by atoms with Gasteiger partial charge in [0.2, 0.25) is 0 Å². The Morgan fingerprint density at radius 3 is 2.25 bits per heavy atom. The van der Waals surface area contributed by atoms with Crippen LogP contribution in [0.15, 0.2) is 0 Å². The average molecular weight is 169 g/mol. The van der Waals surface area contributed by atoms with Crippen LogP contribution in [0.1, 0.15) is 32.1 Å². The molecule has 12 heavy (non-hydrogen) atoms. The second-order valence-electron chi connectivity index (χ2n) is 4.04. The molecule has 0 amide bonds. The van der Waals surface area contributed by atoms with E-state index < -0.39 is 0 Å². The highest BCUT2D eigenvalue weighted by atomic mass is 16.1. The summed E-state index contributed by atoms with van der Waals surface area (Å²) >= 11 is 0. The predicted molar refractivity (Wildman–Crippen MR) is 50.1 cm³/mol. The zero-order chi connectivity index (χ0) is 8.97. The Bertz CT molecular complexity index is 137. The third-order valence-corrected chi connectivity index (χ3v) is 2.98. The molecule has 1 rings (SSSR count). The number of carbonyl (C=O) groups is 1. The quantitative estimate of drug-likeness (QED) is 0.599. The van der Waals surface area contributed by atoms with Crippen LogP contribution >= 0.6 is 0 Å². The third kappa shape index (κ3) is 2.59. The topological polar surface area (TPSA) is 20.3 Å². The Hall–Kier alpha value is -0.370. The van der Waals surface area contributed by atoms with Crippen molar-refractivity contribution in [2.45, 2.75) is 38.1 Å². The molecule has 0 aromatic heterocycles. The van der Waals surface area contributed by atoms with Crippen molar-refractivity contribution in [3.05, 3.63) is 0 Å². The number of nitrogens with zero attached hydrogens (tertiary/aromatic N) is 1. The molecule has 0 aromatic carbocycles. The molecule has 70 valence electrons. The summed E-state index contributed by atoms with van der Waals surface area (Å²) in [5.74, 6) is 0.679. The maximum Gasteiger partial charge on any atom is 0.120 e. The van der Waals surface area contributed by atoms with Crippen LogP contribution in [-0.4, -0.2) is 31.3 Å². The van der Waals surface area contributed by atoms with Gasteiger partial charge < -0.3 is 9.69 Å². The summed E-state index contributed by atoms with van der Waals surface area (Å²) in [6, 6.07) is 0.757. The van der Waals surface area contributed by atoms with Gasteiger partial charge in [0.1, 0.15) is 6.29 Å². The lowest BCUT2D eigenvalue weighted by molar-refractivity contribution is -0.108. The van der Waals surface area contributed by atoms with Crippen molar-refractivity contribution in [1.82, 2.24) is 4.90 Å². The Morgan fingerprint density at radius 1 is 1.25 bits per heavy atom. The molecule has 1 fully saturated rings. The first-order valence-corrected chi connectivity index (χ1v) is 4.84. The first-order chi connectivity index (χ1) is 5.74. The monoisotopic (exact) mass is 169 g/mol. The van der Waals surface area contributed by atoms with Crippen LogP contribution in [0, 0.1) is 5.92 Å². The van der Waals surface area contributed by atoms with Gasteiger partial charge in [-0.1, -0.05) is 0 Å². The molecule has 0 heterocycles. The highest BCUT2D eigenvalue weighted by molar-refractivity contribution is 5.49. The smallest absolute Gasteiger partial charge is 0.120 e. The van der Waals surface area contributed by atoms with Gasteiger partial charge in [-0.05, 0) is 45.7 Å². The molecule has 0 spiro atoms. The van der Waals surface area contributed by atoms with Crippen molar-refractivity contribution in [3.8, 4) is 0 Å². The summed E-state index contributed by atoms with van der Waals surface area (Å²) in [5.41, 5.74) is 0. The van der Waals surface area contributed by atoms with E-state index in [0.717, 1.165) is 18.7 Å². The van der Waals surface area contributed by atoms with Gasteiger partial charge in [0.25, 0.3) is 0 Å². The fourth-order valence-electron chi connectivity index (χ4n) is 2.03. The van der Waals surface area contributed by atoms with E-state index in [9.17, 15) is 4.79 Å². The summed E-state index contributed by atoms with van der Waals surface area (Å²) in [5, 5.41) is 0. The van der Waals surface area contributed by atoms with Crippen LogP contribution in [0.3, 0.4) is 0 Å². The van der Waals surface area contributed by atoms with E-state index >= 15 is 0 Å². The zero-order valence-corrected chi connectivity index (χ0v) is 8.12. The average Bonchev–Trinajstić information content (AvgIpc) is 2.06. The Kier molecular flexibility index (Phi) is 3.73. The lowest BCUT2D eigenvalue weighted by Gasteiger charge is -2.31. The maximum absolute atomic E-state index is 10.3. The van der Waals surface area contributed by atoms with E-state index in [1.165, 1.54) is 25.7 Å². The van der Waals surface area contributed by atoms with Gasteiger partial charge in [-0.3, -0.25) is 0 Å². The SMILES string of the molecule is CN(C)C1CCC(CC=O)CC1. The standard InChI is InChI=1S/C10H19NO/c1-11(2)10-5-3-9(4-6-10)7-8-12/h8-10H,3-7H2,1-2H3. The van der Waals surface area contributed by atoms with Crippen molar-refractivity contribution < 1.29 is 4.79 Å². The summed E-state index contributed by atoms with van der Waals surface area (Å²) in [6.45, 7) is 0. The largest absolute Gasteiger partial charge is 0.306 e. The molecule has 0 N–H and O–H groups in total. The first-order valence-electron chi connectivity index (χ1n) is 4.84. The summed E-state index contributed by atoms with van der Waals surface area (Å²) in [4.78, 5) is 12.6. The van der Waals surface area contributed by atoms with Crippen molar-refractivity contribution in [2.75, 3.05) is 14.1 Å². The maximum atomic E-state index is 10.3. The lowest BCUT2D eigenvalue weighted by atomic mass is 9.84. The lowest BCUT2D eigenvalue weighted by Crippen LogP contribution is -2.32. The van der Waals surface area contributed by atoms with Crippen LogP contribution in [0.4, 0.5) is 0 Å². The van der Waals surface area contributed by atoms with Crippen LogP contribution in [0.2, 0.25) is 0 Å². The second kappa shape index (κ2) is 4.61. The number of carbonyl (C=O) groups excluding carboxylic acids is 1. The molecular weight excluding hydrogens is 150 g/mol. The molecule has 1 saturated carbocycles. The van der Waals surface area contributed by atoms with E-state index in [0.29, 0.717) is 5.92 Å². The van der Waals surface area contributed by atoms with Crippen LogP contribution in [0.25, 0.3) is 0 Å². The fourth-order valence-corrected chi connectivity index (χ4v) is 2.03. The molecule has 1 aliphatic rings. The number of hydrogen-bond acceptors (Lipinski definition) is 2. The van der Waals surface area contributed by atoms with E-state index in [-0.39, 0.29) is 0 Å². The van der Waals surface area contributed by atoms with Gasteiger partial charge in [0.05, 0.1) is 0 Å². The number of aldehydes is 1. The highest BCUT2D eigenvalue weighted by Crippen LogP contribution is 2.27. The van der Waals surface area contributed by atoms with E-state index in [1.54, 1.807) is 0 Å². The summed E-state index contributed by atoms with van der Waals surface area (Å²) in [6.07, 6.45) is 6.86. The molecule has 0 atom stereocenters. The Balaban J connectivity index is 2.24. The Morgan fingerprint density at radius 2 is 1.83 bits per heavy atom. The van der Waals surface area contributed by atoms with Crippen LogP contribution in [-0.2, 0) is 4.79 Å². The minimum atomic E-state index is 0.679. The van der Waals surface area contributed by atoms with Gasteiger partial charge in [0, 0.05) is 12.5 Å². The van der Waals surface area contributed by atoms with Crippen LogP contribution in [0.5, 0.6) is 0 Å². The van der Waals surface area contributed by atoms with Crippen LogP contribution < -0.4 is 0 Å². The zero-order valence-electron chi connectivity index (χ0n) is 8.12. The van der Waals surface area contributed by atoms with E-state index in [4.69, 9.17) is 0 Å². The molecule has 0 bridgehead atoms. The predicted octanol–water partition coefficient (Wildman–Crippen LogP) is 1.70. The molecule has 0 unspecified atom stereocenters. The van der Waals surface area contributed by atoms with Gasteiger partial charge in [-0.25, -0.2) is 0 Å². The molecule has 2 heteroatoms. The number of hydrogen-bond donors (Lipinski definition) is 0. The van der Waals surface area contributed by atoms with Crippen molar-refractivity contribution >= 4 is 6.29 Å². The van der Waals surface area contributed by atoms with Gasteiger partial charge in [-0.2, -0.15) is 0 Å². The number of rotatable bonds is 3. The third-order valence-electron chi connectivity index (χ3n) is 2.98. The van der Waals surface area contributed by atoms with E-state index in [2.05, 4.69) is 19.0 Å². The minimum absolute atomic E-state index is 0.679. The van der Waals surface area contributed by atoms with Crippen molar-refractivity contribution in [3.63, 3.8) is 0 Å². The Labute approximate surface area is 74.9 Å². The molecule has 0 radical (unpaired) electrons. The molecular formula is C10H19NO. The second-order valence-corrected chi connectivity index (χ2v) is 4.04. The summed E-state index contributed by atoms with van der Waals surface area (Å²) < 4.78 is 0. The van der Waals surface area contributed by atoms with Crippen molar-refractivity contribution in [1.29, 1.82) is 0 Å². The summed E-state index contributed by atoms with van der Waals surface area (Å²) in [7, 11) is 4.29. The molecule has 2 nitrogen and oxygen atoms in total.